The summed E-state index contributed by atoms with van der Waals surface area (Å²) in [5, 5.41) is 3.05. The molecule has 0 fully saturated rings. The molecule has 0 bridgehead atoms. The number of thioether (sulfide) groups is 1. The normalized spacial score (nSPS) is 11.1. The number of likely N-dealkylation sites (N-methyl/N-ethyl adjacent to an activating group) is 1. The Hall–Kier alpha value is -0.580. The van der Waals surface area contributed by atoms with Crippen LogP contribution in [0, 0.1) is 0 Å². The first-order valence-corrected chi connectivity index (χ1v) is 7.02. The van der Waals surface area contributed by atoms with Crippen LogP contribution in [0.3, 0.4) is 0 Å². The number of nitrogens with one attached hydrogen (secondary N) is 1. The van der Waals surface area contributed by atoms with E-state index in [2.05, 4.69) is 30.2 Å². The molecule has 0 atom stereocenters. The van der Waals surface area contributed by atoms with Crippen LogP contribution in [0.2, 0.25) is 0 Å². The third kappa shape index (κ3) is 6.05. The van der Waals surface area contributed by atoms with Crippen molar-refractivity contribution >= 4 is 11.8 Å². The molecular formula is C13H22N2OS. The summed E-state index contributed by atoms with van der Waals surface area (Å²) in [5.74, 6) is 1.52. The molecule has 3 nitrogen and oxygen atoms in total. The Morgan fingerprint density at radius 1 is 1.35 bits per heavy atom. The Kier molecular flexibility index (Phi) is 7.24. The molecule has 0 aliphatic heterocycles. The van der Waals surface area contributed by atoms with Gasteiger partial charge >= 0.3 is 0 Å². The van der Waals surface area contributed by atoms with Gasteiger partial charge in [-0.15, -0.1) is 11.8 Å². The number of rotatable bonds is 8. The van der Waals surface area contributed by atoms with E-state index in [9.17, 15) is 0 Å². The van der Waals surface area contributed by atoms with Crippen LogP contribution in [-0.2, 0) is 4.74 Å². The second-order valence-electron chi connectivity index (χ2n) is 4.17. The van der Waals surface area contributed by atoms with Crippen molar-refractivity contribution < 1.29 is 4.74 Å². The van der Waals surface area contributed by atoms with Gasteiger partial charge < -0.3 is 10.1 Å². The minimum Gasteiger partial charge on any atom is -0.379 e. The number of hydrogen-bond donors (Lipinski definition) is 1. The summed E-state index contributed by atoms with van der Waals surface area (Å²) in [4.78, 5) is 5.49. The monoisotopic (exact) mass is 254 g/mol. The molecule has 1 heterocycles. The quantitative estimate of drug-likeness (QED) is 0.571. The lowest BCUT2D eigenvalue weighted by Gasteiger charge is -2.07. The van der Waals surface area contributed by atoms with Crippen LogP contribution in [0.15, 0.2) is 23.4 Å². The minimum atomic E-state index is 0.537. The smallest absolute Gasteiger partial charge is 0.0591 e. The van der Waals surface area contributed by atoms with E-state index in [-0.39, 0.29) is 0 Å². The SMILES string of the molecule is CNCCOCCSc1cncc(C(C)C)c1. The van der Waals surface area contributed by atoms with E-state index in [1.807, 2.05) is 19.4 Å². The zero-order chi connectivity index (χ0) is 12.5. The predicted molar refractivity (Wildman–Crippen MR) is 73.8 cm³/mol. The van der Waals surface area contributed by atoms with Crippen molar-refractivity contribution in [1.82, 2.24) is 10.3 Å². The van der Waals surface area contributed by atoms with E-state index in [0.29, 0.717) is 5.92 Å². The van der Waals surface area contributed by atoms with Gasteiger partial charge in [-0.1, -0.05) is 13.8 Å². The van der Waals surface area contributed by atoms with E-state index >= 15 is 0 Å². The van der Waals surface area contributed by atoms with Gasteiger partial charge in [0.2, 0.25) is 0 Å². The first kappa shape index (κ1) is 14.5. The van der Waals surface area contributed by atoms with Crippen LogP contribution in [0.25, 0.3) is 0 Å². The molecule has 0 radical (unpaired) electrons. The highest BCUT2D eigenvalue weighted by Gasteiger charge is 2.01. The zero-order valence-corrected chi connectivity index (χ0v) is 11.7. The van der Waals surface area contributed by atoms with E-state index < -0.39 is 0 Å². The van der Waals surface area contributed by atoms with Crippen molar-refractivity contribution in [2.24, 2.45) is 0 Å². The predicted octanol–water partition coefficient (Wildman–Crippen LogP) is 2.53. The summed E-state index contributed by atoms with van der Waals surface area (Å²) in [6.45, 7) is 6.85. The third-order valence-electron chi connectivity index (χ3n) is 2.39. The van der Waals surface area contributed by atoms with Crippen molar-refractivity contribution in [3.63, 3.8) is 0 Å². The molecule has 0 aromatic carbocycles. The van der Waals surface area contributed by atoms with Crippen LogP contribution in [-0.4, -0.2) is 37.5 Å². The Bertz CT molecular complexity index is 318. The first-order valence-electron chi connectivity index (χ1n) is 6.04. The van der Waals surface area contributed by atoms with Gasteiger partial charge in [0.1, 0.15) is 0 Å². The highest BCUT2D eigenvalue weighted by molar-refractivity contribution is 7.99. The maximum Gasteiger partial charge on any atom is 0.0591 e. The van der Waals surface area contributed by atoms with E-state index in [1.165, 1.54) is 10.5 Å². The fourth-order valence-electron chi connectivity index (χ4n) is 1.33. The first-order chi connectivity index (χ1) is 8.24. The molecule has 1 aromatic heterocycles. The average molecular weight is 254 g/mol. The Morgan fingerprint density at radius 3 is 2.88 bits per heavy atom. The van der Waals surface area contributed by atoms with Gasteiger partial charge in [-0.3, -0.25) is 4.98 Å². The maximum absolute atomic E-state index is 5.47. The van der Waals surface area contributed by atoms with Crippen LogP contribution in [0.1, 0.15) is 25.3 Å². The van der Waals surface area contributed by atoms with Crippen molar-refractivity contribution in [1.29, 1.82) is 0 Å². The molecule has 0 unspecified atom stereocenters. The molecule has 1 rings (SSSR count). The van der Waals surface area contributed by atoms with Gasteiger partial charge in [-0.05, 0) is 24.6 Å². The van der Waals surface area contributed by atoms with Crippen molar-refractivity contribution in [2.45, 2.75) is 24.7 Å². The second-order valence-corrected chi connectivity index (χ2v) is 5.34. The van der Waals surface area contributed by atoms with Gasteiger partial charge in [-0.25, -0.2) is 0 Å². The standard InChI is InChI=1S/C13H22N2OS/c1-11(2)12-8-13(10-15-9-12)17-7-6-16-5-4-14-3/h8-11,14H,4-7H2,1-3H3. The lowest BCUT2D eigenvalue weighted by molar-refractivity contribution is 0.153. The summed E-state index contributed by atoms with van der Waals surface area (Å²) in [6.07, 6.45) is 3.86. The Labute approximate surface area is 108 Å². The summed E-state index contributed by atoms with van der Waals surface area (Å²) in [7, 11) is 1.93. The summed E-state index contributed by atoms with van der Waals surface area (Å²) >= 11 is 1.80. The average Bonchev–Trinajstić information content (AvgIpc) is 2.34. The molecule has 4 heteroatoms. The molecule has 0 saturated heterocycles. The van der Waals surface area contributed by atoms with Gasteiger partial charge in [0, 0.05) is 29.6 Å². The van der Waals surface area contributed by atoms with Gasteiger partial charge in [-0.2, -0.15) is 0 Å². The van der Waals surface area contributed by atoms with Gasteiger partial charge in [0.15, 0.2) is 0 Å². The summed E-state index contributed by atoms with van der Waals surface area (Å²) in [5.41, 5.74) is 1.30. The number of aromatic nitrogens is 1. The van der Waals surface area contributed by atoms with Crippen molar-refractivity contribution in [3.8, 4) is 0 Å². The third-order valence-corrected chi connectivity index (χ3v) is 3.32. The Morgan fingerprint density at radius 2 is 2.18 bits per heavy atom. The molecule has 17 heavy (non-hydrogen) atoms. The van der Waals surface area contributed by atoms with Gasteiger partial charge in [0.05, 0.1) is 13.2 Å². The number of nitrogens with zero attached hydrogens (tertiary/aromatic N) is 1. The van der Waals surface area contributed by atoms with Crippen molar-refractivity contribution in [2.75, 3.05) is 32.6 Å². The number of hydrogen-bond acceptors (Lipinski definition) is 4. The highest BCUT2D eigenvalue weighted by Crippen LogP contribution is 2.21. The van der Waals surface area contributed by atoms with E-state index in [1.54, 1.807) is 11.8 Å². The topological polar surface area (TPSA) is 34.1 Å². The van der Waals surface area contributed by atoms with Crippen LogP contribution >= 0.6 is 11.8 Å². The summed E-state index contributed by atoms with van der Waals surface area (Å²) in [6, 6.07) is 2.22. The second kappa shape index (κ2) is 8.50. The fraction of sp³-hybridized carbons (Fsp3) is 0.615. The maximum atomic E-state index is 5.47. The Balaban J connectivity index is 2.24. The number of ether oxygens (including phenoxy) is 1. The molecule has 0 spiro atoms. The largest absolute Gasteiger partial charge is 0.379 e. The molecular weight excluding hydrogens is 232 g/mol. The molecule has 0 aliphatic rings. The molecule has 0 saturated carbocycles. The highest BCUT2D eigenvalue weighted by atomic mass is 32.2. The molecule has 96 valence electrons. The lowest BCUT2D eigenvalue weighted by atomic mass is 10.1. The van der Waals surface area contributed by atoms with Crippen LogP contribution in [0.5, 0.6) is 0 Å². The fourth-order valence-corrected chi connectivity index (χ4v) is 2.12. The minimum absolute atomic E-state index is 0.537. The summed E-state index contributed by atoms with van der Waals surface area (Å²) < 4.78 is 5.47. The van der Waals surface area contributed by atoms with E-state index in [0.717, 1.165) is 25.5 Å². The number of pyridine rings is 1. The molecule has 0 amide bonds. The zero-order valence-electron chi connectivity index (χ0n) is 10.9. The molecule has 1 aromatic rings. The molecule has 0 aliphatic carbocycles. The lowest BCUT2D eigenvalue weighted by Crippen LogP contribution is -2.15. The van der Waals surface area contributed by atoms with Crippen LogP contribution < -0.4 is 5.32 Å². The van der Waals surface area contributed by atoms with Gasteiger partial charge in [0.25, 0.3) is 0 Å². The van der Waals surface area contributed by atoms with Crippen molar-refractivity contribution in [3.05, 3.63) is 24.0 Å². The van der Waals surface area contributed by atoms with E-state index in [4.69, 9.17) is 4.74 Å². The molecule has 1 N–H and O–H groups in total. The van der Waals surface area contributed by atoms with Crippen LogP contribution in [0.4, 0.5) is 0 Å².